The predicted octanol–water partition coefficient (Wildman–Crippen LogP) is 4.82. The van der Waals surface area contributed by atoms with Gasteiger partial charge >= 0.3 is 5.97 Å². The van der Waals surface area contributed by atoms with E-state index in [1.165, 1.54) is 0 Å². The predicted molar refractivity (Wildman–Crippen MR) is 110 cm³/mol. The third-order valence-corrected chi connectivity index (χ3v) is 4.45. The first kappa shape index (κ1) is 19.4. The highest BCUT2D eigenvalue weighted by atomic mass is 16.6. The third kappa shape index (κ3) is 4.49. The average Bonchev–Trinajstić information content (AvgIpc) is 2.99. The van der Waals surface area contributed by atoms with Crippen molar-refractivity contribution in [2.75, 3.05) is 6.61 Å². The summed E-state index contributed by atoms with van der Waals surface area (Å²) in [6.45, 7) is 6.67. The Labute approximate surface area is 165 Å². The number of hydrogen-bond donors (Lipinski definition) is 0. The number of oxime groups is 1. The lowest BCUT2D eigenvalue weighted by Gasteiger charge is -2.10. The fraction of sp³-hybridized carbons (Fsp3) is 0.217. The van der Waals surface area contributed by atoms with Gasteiger partial charge in [-0.05, 0) is 56.7 Å². The number of ether oxygens (including phenoxy) is 1. The van der Waals surface area contributed by atoms with Crippen LogP contribution in [-0.4, -0.2) is 23.4 Å². The van der Waals surface area contributed by atoms with Crippen LogP contribution >= 0.6 is 0 Å². The molecule has 0 amide bonds. The highest BCUT2D eigenvalue weighted by Gasteiger charge is 2.11. The lowest BCUT2D eigenvalue weighted by Crippen LogP contribution is -2.05. The minimum Gasteiger partial charge on any atom is -0.462 e. The van der Waals surface area contributed by atoms with E-state index in [9.17, 15) is 4.79 Å². The second-order valence-electron chi connectivity index (χ2n) is 6.42. The summed E-state index contributed by atoms with van der Waals surface area (Å²) >= 11 is 0. The Bertz CT molecular complexity index is 958. The number of esters is 1. The van der Waals surface area contributed by atoms with Gasteiger partial charge in [-0.25, -0.2) is 4.79 Å². The van der Waals surface area contributed by atoms with Crippen LogP contribution in [0.25, 0.3) is 5.69 Å². The Kier molecular flexibility index (Phi) is 6.27. The van der Waals surface area contributed by atoms with Crippen molar-refractivity contribution in [3.63, 3.8) is 0 Å². The molecule has 1 aromatic heterocycles. The van der Waals surface area contributed by atoms with Crippen molar-refractivity contribution in [3.05, 3.63) is 88.7 Å². The Morgan fingerprint density at radius 1 is 1.07 bits per heavy atom. The largest absolute Gasteiger partial charge is 0.462 e. The van der Waals surface area contributed by atoms with Crippen LogP contribution < -0.4 is 0 Å². The van der Waals surface area contributed by atoms with Crippen LogP contribution in [0, 0.1) is 13.8 Å². The molecule has 5 nitrogen and oxygen atoms in total. The van der Waals surface area contributed by atoms with Crippen molar-refractivity contribution in [1.82, 2.24) is 4.57 Å². The van der Waals surface area contributed by atoms with Gasteiger partial charge < -0.3 is 14.1 Å². The zero-order valence-corrected chi connectivity index (χ0v) is 16.4. The highest BCUT2D eigenvalue weighted by Crippen LogP contribution is 2.20. The van der Waals surface area contributed by atoms with Gasteiger partial charge in [0, 0.05) is 22.6 Å². The molecule has 5 heteroatoms. The molecule has 0 N–H and O–H groups in total. The molecule has 0 atom stereocenters. The molecule has 0 spiro atoms. The Morgan fingerprint density at radius 2 is 1.79 bits per heavy atom. The van der Waals surface area contributed by atoms with E-state index in [-0.39, 0.29) is 5.97 Å². The zero-order chi connectivity index (χ0) is 19.9. The molecular formula is C23H24N2O3. The molecule has 3 aromatic rings. The smallest absolute Gasteiger partial charge is 0.338 e. The second-order valence-corrected chi connectivity index (χ2v) is 6.42. The Balaban J connectivity index is 1.72. The summed E-state index contributed by atoms with van der Waals surface area (Å²) in [5.41, 5.74) is 5.71. The standard InChI is InChI=1S/C23H24N2O3/c1-4-27-23(26)20-10-12-22(13-11-20)25-17(2)14-21(18(25)3)15-24-28-16-19-8-6-5-7-9-19/h5-15H,4,16H2,1-3H3/b24-15+. The van der Waals surface area contributed by atoms with E-state index < -0.39 is 0 Å². The second kappa shape index (κ2) is 9.04. The molecule has 0 fully saturated rings. The van der Waals surface area contributed by atoms with Gasteiger partial charge in [-0.2, -0.15) is 0 Å². The Hall–Kier alpha value is -3.34. The summed E-state index contributed by atoms with van der Waals surface area (Å²) in [4.78, 5) is 17.2. The van der Waals surface area contributed by atoms with Crippen molar-refractivity contribution in [2.24, 2.45) is 5.16 Å². The van der Waals surface area contributed by atoms with E-state index in [1.54, 1.807) is 25.3 Å². The number of benzene rings is 2. The van der Waals surface area contributed by atoms with Crippen LogP contribution in [-0.2, 0) is 16.2 Å². The van der Waals surface area contributed by atoms with Crippen LogP contribution in [0.2, 0.25) is 0 Å². The lowest BCUT2D eigenvalue weighted by atomic mass is 10.2. The molecule has 0 radical (unpaired) electrons. The third-order valence-electron chi connectivity index (χ3n) is 4.45. The number of carbonyl (C=O) groups excluding carboxylic acids is 1. The number of aromatic nitrogens is 1. The molecular weight excluding hydrogens is 352 g/mol. The minimum atomic E-state index is -0.307. The number of hydrogen-bond acceptors (Lipinski definition) is 4. The normalized spacial score (nSPS) is 11.0. The van der Waals surface area contributed by atoms with Crippen LogP contribution in [0.4, 0.5) is 0 Å². The quantitative estimate of drug-likeness (QED) is 0.337. The first-order valence-electron chi connectivity index (χ1n) is 9.26. The molecule has 0 bridgehead atoms. The minimum absolute atomic E-state index is 0.307. The maximum absolute atomic E-state index is 11.8. The van der Waals surface area contributed by atoms with Gasteiger partial charge in [0.15, 0.2) is 0 Å². The zero-order valence-electron chi connectivity index (χ0n) is 16.4. The number of rotatable bonds is 7. The van der Waals surface area contributed by atoms with E-state index in [0.717, 1.165) is 28.2 Å². The molecule has 2 aromatic carbocycles. The van der Waals surface area contributed by atoms with Crippen LogP contribution in [0.15, 0.2) is 65.8 Å². The average molecular weight is 376 g/mol. The van der Waals surface area contributed by atoms with Crippen LogP contribution in [0.3, 0.4) is 0 Å². The van der Waals surface area contributed by atoms with E-state index >= 15 is 0 Å². The summed E-state index contributed by atoms with van der Waals surface area (Å²) in [6, 6.07) is 19.4. The maximum atomic E-state index is 11.8. The fourth-order valence-corrected chi connectivity index (χ4v) is 3.06. The van der Waals surface area contributed by atoms with Crippen molar-refractivity contribution < 1.29 is 14.4 Å². The SMILES string of the molecule is CCOC(=O)c1ccc(-n2c(C)cc(/C=N/OCc3ccccc3)c2C)cc1. The van der Waals surface area contributed by atoms with Gasteiger partial charge in [0.05, 0.1) is 18.4 Å². The molecule has 0 aliphatic rings. The van der Waals surface area contributed by atoms with Crippen LogP contribution in [0.1, 0.15) is 39.8 Å². The van der Waals surface area contributed by atoms with Crippen molar-refractivity contribution in [2.45, 2.75) is 27.4 Å². The molecule has 0 saturated heterocycles. The number of aryl methyl sites for hydroxylation is 1. The number of carbonyl (C=O) groups is 1. The van der Waals surface area contributed by atoms with E-state index in [4.69, 9.17) is 9.57 Å². The maximum Gasteiger partial charge on any atom is 0.338 e. The van der Waals surface area contributed by atoms with Crippen molar-refractivity contribution in [1.29, 1.82) is 0 Å². The first-order chi connectivity index (χ1) is 13.6. The molecule has 0 aliphatic heterocycles. The monoisotopic (exact) mass is 376 g/mol. The van der Waals surface area contributed by atoms with Gasteiger partial charge in [0.2, 0.25) is 0 Å². The van der Waals surface area contributed by atoms with Gasteiger partial charge in [-0.15, -0.1) is 0 Å². The van der Waals surface area contributed by atoms with Crippen molar-refractivity contribution >= 4 is 12.2 Å². The topological polar surface area (TPSA) is 52.8 Å². The van der Waals surface area contributed by atoms with Gasteiger partial charge in [-0.1, -0.05) is 35.5 Å². The lowest BCUT2D eigenvalue weighted by molar-refractivity contribution is 0.0526. The molecule has 0 unspecified atom stereocenters. The van der Waals surface area contributed by atoms with Crippen LogP contribution in [0.5, 0.6) is 0 Å². The summed E-state index contributed by atoms with van der Waals surface area (Å²) in [7, 11) is 0. The number of nitrogens with zero attached hydrogens (tertiary/aromatic N) is 2. The summed E-state index contributed by atoms with van der Waals surface area (Å²) in [5, 5.41) is 4.10. The summed E-state index contributed by atoms with van der Waals surface area (Å²) in [6.07, 6.45) is 1.73. The highest BCUT2D eigenvalue weighted by molar-refractivity contribution is 5.89. The van der Waals surface area contributed by atoms with E-state index in [0.29, 0.717) is 18.8 Å². The molecule has 144 valence electrons. The first-order valence-corrected chi connectivity index (χ1v) is 9.26. The van der Waals surface area contributed by atoms with Crippen molar-refractivity contribution in [3.8, 4) is 5.69 Å². The molecule has 0 saturated carbocycles. The molecule has 28 heavy (non-hydrogen) atoms. The molecule has 0 aliphatic carbocycles. The summed E-state index contributed by atoms with van der Waals surface area (Å²) < 4.78 is 7.15. The van der Waals surface area contributed by atoms with Gasteiger partial charge in [0.25, 0.3) is 0 Å². The van der Waals surface area contributed by atoms with Gasteiger partial charge in [-0.3, -0.25) is 0 Å². The molecule has 3 rings (SSSR count). The van der Waals surface area contributed by atoms with E-state index in [1.807, 2.05) is 56.3 Å². The molecule has 1 heterocycles. The fourth-order valence-electron chi connectivity index (χ4n) is 3.06. The Morgan fingerprint density at radius 3 is 2.46 bits per heavy atom. The van der Waals surface area contributed by atoms with E-state index in [2.05, 4.69) is 15.8 Å². The van der Waals surface area contributed by atoms with Gasteiger partial charge in [0.1, 0.15) is 6.61 Å². The summed E-state index contributed by atoms with van der Waals surface area (Å²) in [5.74, 6) is -0.307.